The monoisotopic (exact) mass is 474 g/mol. The summed E-state index contributed by atoms with van der Waals surface area (Å²) in [6, 6.07) is 10.5. The predicted molar refractivity (Wildman–Crippen MR) is 122 cm³/mol. The van der Waals surface area contributed by atoms with Crippen LogP contribution in [0.4, 0.5) is 5.69 Å². The maximum absolute atomic E-state index is 13.0. The maximum atomic E-state index is 13.0. The Morgan fingerprint density at radius 3 is 2.44 bits per heavy atom. The number of aromatic nitrogens is 4. The van der Waals surface area contributed by atoms with Gasteiger partial charge < -0.3 is 15.2 Å². The lowest BCUT2D eigenvalue weighted by Crippen LogP contribution is -2.23. The summed E-state index contributed by atoms with van der Waals surface area (Å²) in [5, 5.41) is 13.7. The van der Waals surface area contributed by atoms with Gasteiger partial charge >= 0.3 is 0 Å². The molecule has 0 saturated heterocycles. The normalized spacial score (nSPS) is 11.9. The van der Waals surface area contributed by atoms with Gasteiger partial charge in [0.25, 0.3) is 0 Å². The molecule has 0 aliphatic heterocycles. The Bertz CT molecular complexity index is 1390. The molecule has 10 nitrogen and oxygen atoms in total. The molecule has 168 valence electrons. The zero-order chi connectivity index (χ0) is 23.0. The number of ether oxygens (including phenoxy) is 2. The largest absolute Gasteiger partial charge is 0.493 e. The van der Waals surface area contributed by atoms with Gasteiger partial charge in [-0.3, -0.25) is 0 Å². The van der Waals surface area contributed by atoms with Crippen molar-refractivity contribution in [2.24, 2.45) is 0 Å². The Labute approximate surface area is 189 Å². The molecule has 0 radical (unpaired) electrons. The average Bonchev–Trinajstić information content (AvgIpc) is 3.35. The first-order valence-corrected chi connectivity index (χ1v) is 11.7. The Morgan fingerprint density at radius 2 is 1.78 bits per heavy atom. The highest BCUT2D eigenvalue weighted by atomic mass is 32.2. The van der Waals surface area contributed by atoms with Gasteiger partial charge in [-0.25, -0.2) is 12.7 Å². The second-order valence-electron chi connectivity index (χ2n) is 7.08. The van der Waals surface area contributed by atoms with Gasteiger partial charge in [0.1, 0.15) is 5.01 Å². The van der Waals surface area contributed by atoms with Crippen molar-refractivity contribution in [3.63, 3.8) is 0 Å². The molecule has 0 unspecified atom stereocenters. The fourth-order valence-corrected chi connectivity index (χ4v) is 5.23. The van der Waals surface area contributed by atoms with Crippen molar-refractivity contribution in [1.82, 2.24) is 24.1 Å². The second-order valence-corrected chi connectivity index (χ2v) is 10.2. The molecule has 2 aromatic heterocycles. The van der Waals surface area contributed by atoms with Crippen molar-refractivity contribution in [3.8, 4) is 22.1 Å². The van der Waals surface area contributed by atoms with E-state index in [2.05, 4.69) is 15.3 Å². The molecule has 12 heteroatoms. The van der Waals surface area contributed by atoms with Gasteiger partial charge in [0.05, 0.1) is 19.1 Å². The molecular weight excluding hydrogens is 452 g/mol. The molecule has 0 aliphatic carbocycles. The Morgan fingerprint density at radius 1 is 1.09 bits per heavy atom. The van der Waals surface area contributed by atoms with E-state index >= 15 is 0 Å². The van der Waals surface area contributed by atoms with Crippen molar-refractivity contribution >= 4 is 32.0 Å². The number of hydrogen-bond acceptors (Lipinski definition) is 9. The van der Waals surface area contributed by atoms with Crippen LogP contribution >= 0.6 is 11.3 Å². The average molecular weight is 475 g/mol. The predicted octanol–water partition coefficient (Wildman–Crippen LogP) is 2.29. The first-order chi connectivity index (χ1) is 15.3. The minimum absolute atomic E-state index is 0.0969. The molecule has 4 rings (SSSR count). The van der Waals surface area contributed by atoms with Gasteiger partial charge in [0, 0.05) is 37.8 Å². The van der Waals surface area contributed by atoms with Crippen molar-refractivity contribution in [1.29, 1.82) is 0 Å². The smallest absolute Gasteiger partial charge is 0.242 e. The van der Waals surface area contributed by atoms with E-state index in [1.165, 1.54) is 45.7 Å². The molecule has 32 heavy (non-hydrogen) atoms. The van der Waals surface area contributed by atoms with E-state index in [4.69, 9.17) is 15.2 Å². The molecule has 0 amide bonds. The van der Waals surface area contributed by atoms with Crippen LogP contribution in [0.3, 0.4) is 0 Å². The summed E-state index contributed by atoms with van der Waals surface area (Å²) in [6.07, 6.45) is 0.164. The van der Waals surface area contributed by atoms with Gasteiger partial charge in [-0.2, -0.15) is 9.61 Å². The van der Waals surface area contributed by atoms with Crippen LogP contribution in [0.5, 0.6) is 11.5 Å². The van der Waals surface area contributed by atoms with Crippen LogP contribution in [0.25, 0.3) is 15.5 Å². The summed E-state index contributed by atoms with van der Waals surface area (Å²) >= 11 is 1.35. The van der Waals surface area contributed by atoms with Gasteiger partial charge in [-0.1, -0.05) is 23.5 Å². The highest BCUT2D eigenvalue weighted by Crippen LogP contribution is 2.35. The second kappa shape index (κ2) is 8.37. The topological polar surface area (TPSA) is 125 Å². The highest BCUT2D eigenvalue weighted by molar-refractivity contribution is 7.89. The van der Waals surface area contributed by atoms with Crippen LogP contribution in [-0.4, -0.2) is 60.8 Å². The zero-order valence-electron chi connectivity index (χ0n) is 17.9. The summed E-state index contributed by atoms with van der Waals surface area (Å²) < 4.78 is 39.4. The molecule has 0 spiro atoms. The van der Waals surface area contributed by atoms with E-state index < -0.39 is 10.0 Å². The van der Waals surface area contributed by atoms with Crippen molar-refractivity contribution in [3.05, 3.63) is 47.8 Å². The lowest BCUT2D eigenvalue weighted by molar-refractivity contribution is 0.353. The number of nitrogens with zero attached hydrogens (tertiary/aromatic N) is 5. The molecule has 2 aromatic carbocycles. The van der Waals surface area contributed by atoms with Crippen LogP contribution < -0.4 is 15.2 Å². The summed E-state index contributed by atoms with van der Waals surface area (Å²) in [5.41, 5.74) is 7.98. The number of methoxy groups -OCH3 is 2. The molecule has 0 saturated carbocycles. The number of sulfonamides is 1. The van der Waals surface area contributed by atoms with Crippen LogP contribution in [-0.2, 0) is 16.4 Å². The maximum Gasteiger partial charge on any atom is 0.242 e. The number of rotatable bonds is 7. The van der Waals surface area contributed by atoms with Crippen molar-refractivity contribution in [2.45, 2.75) is 11.3 Å². The molecule has 2 N–H and O–H groups in total. The molecule has 0 aliphatic rings. The van der Waals surface area contributed by atoms with Gasteiger partial charge in [-0.05, 0) is 23.8 Å². The van der Waals surface area contributed by atoms with E-state index in [-0.39, 0.29) is 11.3 Å². The molecule has 2 heterocycles. The summed E-state index contributed by atoms with van der Waals surface area (Å²) in [6.45, 7) is 0. The standard InChI is InChI=1S/C20H22N6O4S2/c1-25(2)32(27,28)17-11-16(30-4)15(29-3)9-12(17)10-18-22-23-20-26(18)24-19(31-20)13-7-5-6-8-14(13)21/h5-9,11H,10,21H2,1-4H3. The molecule has 0 bridgehead atoms. The Hall–Kier alpha value is -3.22. The first-order valence-electron chi connectivity index (χ1n) is 9.49. The van der Waals surface area contributed by atoms with E-state index in [1.54, 1.807) is 16.6 Å². The first kappa shape index (κ1) is 22.0. The summed E-state index contributed by atoms with van der Waals surface area (Å²) in [5.74, 6) is 1.22. The van der Waals surface area contributed by atoms with Crippen LogP contribution in [0, 0.1) is 0 Å². The minimum atomic E-state index is -3.76. The number of nitrogens with two attached hydrogens (primary N) is 1. The molecule has 0 fully saturated rings. The Kier molecular flexibility index (Phi) is 5.75. The van der Waals surface area contributed by atoms with Gasteiger partial charge in [0.15, 0.2) is 17.3 Å². The van der Waals surface area contributed by atoms with E-state index in [1.807, 2.05) is 18.2 Å². The lowest BCUT2D eigenvalue weighted by atomic mass is 10.1. The van der Waals surface area contributed by atoms with E-state index in [9.17, 15) is 8.42 Å². The number of benzene rings is 2. The number of hydrogen-bond donors (Lipinski definition) is 1. The third-order valence-electron chi connectivity index (χ3n) is 4.92. The van der Waals surface area contributed by atoms with Crippen molar-refractivity contribution < 1.29 is 17.9 Å². The zero-order valence-corrected chi connectivity index (χ0v) is 19.6. The summed E-state index contributed by atoms with van der Waals surface area (Å²) in [4.78, 5) is 0.676. The fraction of sp³-hybridized carbons (Fsp3) is 0.250. The third-order valence-corrected chi connectivity index (χ3v) is 7.75. The highest BCUT2D eigenvalue weighted by Gasteiger charge is 2.26. The van der Waals surface area contributed by atoms with Crippen LogP contribution in [0.2, 0.25) is 0 Å². The molecule has 0 atom stereocenters. The van der Waals surface area contributed by atoms with Crippen LogP contribution in [0.15, 0.2) is 41.3 Å². The number of nitrogen functional groups attached to an aromatic ring is 1. The minimum Gasteiger partial charge on any atom is -0.493 e. The van der Waals surface area contributed by atoms with E-state index in [0.29, 0.717) is 38.5 Å². The van der Waals surface area contributed by atoms with E-state index in [0.717, 1.165) is 9.87 Å². The summed E-state index contributed by atoms with van der Waals surface area (Å²) in [7, 11) is 2.14. The number of para-hydroxylation sites is 1. The Balaban J connectivity index is 1.83. The molecule has 4 aromatic rings. The number of anilines is 1. The van der Waals surface area contributed by atoms with Gasteiger partial charge in [-0.15, -0.1) is 10.2 Å². The SMILES string of the molecule is COc1cc(Cc2nnc3sc(-c4ccccc4N)nn23)c(S(=O)(=O)N(C)C)cc1OC. The third kappa shape index (κ3) is 3.76. The van der Waals surface area contributed by atoms with Crippen LogP contribution in [0.1, 0.15) is 11.4 Å². The number of fused-ring (bicyclic) bond motifs is 1. The fourth-order valence-electron chi connectivity index (χ4n) is 3.22. The van der Waals surface area contributed by atoms with Gasteiger partial charge in [0.2, 0.25) is 15.0 Å². The van der Waals surface area contributed by atoms with Crippen molar-refractivity contribution in [2.75, 3.05) is 34.0 Å². The quantitative estimate of drug-likeness (QED) is 0.405. The molecular formula is C20H22N6O4S2. The lowest BCUT2D eigenvalue weighted by Gasteiger charge is -2.17.